The Balaban J connectivity index is 1.85. The van der Waals surface area contributed by atoms with E-state index in [1.807, 2.05) is 36.4 Å². The molecule has 0 unspecified atom stereocenters. The second-order valence-corrected chi connectivity index (χ2v) is 6.27. The van der Waals surface area contributed by atoms with Crippen LogP contribution in [0.5, 0.6) is 0 Å². The average molecular weight is 345 g/mol. The Bertz CT molecular complexity index is 694. The predicted molar refractivity (Wildman–Crippen MR) is 97.2 cm³/mol. The molecule has 0 heterocycles. The summed E-state index contributed by atoms with van der Waals surface area (Å²) in [4.78, 5) is 25.2. The van der Waals surface area contributed by atoms with Gasteiger partial charge in [-0.2, -0.15) is 0 Å². The van der Waals surface area contributed by atoms with Crippen molar-refractivity contribution >= 4 is 29.1 Å². The number of nitrogens with zero attached hydrogens (tertiary/aromatic N) is 1. The van der Waals surface area contributed by atoms with E-state index in [0.717, 1.165) is 16.8 Å². The van der Waals surface area contributed by atoms with Crippen molar-refractivity contribution in [1.82, 2.24) is 4.90 Å². The first kappa shape index (κ1) is 18.0. The van der Waals surface area contributed by atoms with Crippen molar-refractivity contribution in [3.05, 3.63) is 64.7 Å². The van der Waals surface area contributed by atoms with Crippen molar-refractivity contribution in [2.24, 2.45) is 0 Å². The first-order valence-corrected chi connectivity index (χ1v) is 8.15. The maximum Gasteiger partial charge on any atom is 0.228 e. The number of halogens is 1. The number of anilines is 1. The third-order valence-electron chi connectivity index (χ3n) is 3.64. The summed E-state index contributed by atoms with van der Waals surface area (Å²) in [6, 6.07) is 14.8. The molecule has 0 aliphatic heterocycles. The molecule has 126 valence electrons. The van der Waals surface area contributed by atoms with Crippen molar-refractivity contribution in [2.45, 2.75) is 19.3 Å². The van der Waals surface area contributed by atoms with Crippen LogP contribution in [0.1, 0.15) is 17.5 Å². The van der Waals surface area contributed by atoms with Crippen molar-refractivity contribution in [1.29, 1.82) is 0 Å². The van der Waals surface area contributed by atoms with Gasteiger partial charge in [0.2, 0.25) is 11.8 Å². The minimum Gasteiger partial charge on any atom is -0.349 e. The Morgan fingerprint density at radius 2 is 1.54 bits per heavy atom. The standard InChI is InChI=1S/C19H21ClN2O2/c1-22(2)19(24)12-7-14-5-10-17(11-6-14)21-18(23)13-15-3-8-16(20)9-4-15/h3-6,8-11H,7,12-13H2,1-2H3,(H,21,23). The van der Waals surface area contributed by atoms with Crippen LogP contribution in [-0.4, -0.2) is 30.8 Å². The van der Waals surface area contributed by atoms with Crippen LogP contribution in [0.2, 0.25) is 5.02 Å². The number of benzene rings is 2. The second kappa shape index (κ2) is 8.50. The van der Waals surface area contributed by atoms with Gasteiger partial charge < -0.3 is 10.2 Å². The van der Waals surface area contributed by atoms with Crippen LogP contribution in [0, 0.1) is 0 Å². The van der Waals surface area contributed by atoms with Gasteiger partial charge in [-0.15, -0.1) is 0 Å². The van der Waals surface area contributed by atoms with Gasteiger partial charge in [-0.25, -0.2) is 0 Å². The zero-order valence-electron chi connectivity index (χ0n) is 13.9. The van der Waals surface area contributed by atoms with E-state index >= 15 is 0 Å². The molecule has 2 aromatic rings. The number of hydrogen-bond acceptors (Lipinski definition) is 2. The zero-order chi connectivity index (χ0) is 17.5. The van der Waals surface area contributed by atoms with Crippen LogP contribution in [0.4, 0.5) is 5.69 Å². The predicted octanol–water partition coefficient (Wildman–Crippen LogP) is 3.54. The second-order valence-electron chi connectivity index (χ2n) is 5.84. The molecule has 0 radical (unpaired) electrons. The van der Waals surface area contributed by atoms with Crippen LogP contribution < -0.4 is 5.32 Å². The molecular weight excluding hydrogens is 324 g/mol. The van der Waals surface area contributed by atoms with Gasteiger partial charge in [0.25, 0.3) is 0 Å². The minimum absolute atomic E-state index is 0.0761. The molecule has 0 saturated heterocycles. The molecular formula is C19H21ClN2O2. The highest BCUT2D eigenvalue weighted by atomic mass is 35.5. The SMILES string of the molecule is CN(C)C(=O)CCc1ccc(NC(=O)Cc2ccc(Cl)cc2)cc1. The molecule has 0 aliphatic rings. The van der Waals surface area contributed by atoms with Gasteiger partial charge in [-0.1, -0.05) is 35.9 Å². The Morgan fingerprint density at radius 3 is 2.12 bits per heavy atom. The molecule has 24 heavy (non-hydrogen) atoms. The third kappa shape index (κ3) is 5.70. The number of nitrogens with one attached hydrogen (secondary N) is 1. The smallest absolute Gasteiger partial charge is 0.228 e. The summed E-state index contributed by atoms with van der Waals surface area (Å²) in [6.45, 7) is 0. The lowest BCUT2D eigenvalue weighted by molar-refractivity contribution is -0.128. The molecule has 5 heteroatoms. The van der Waals surface area contributed by atoms with Crippen molar-refractivity contribution in [3.8, 4) is 0 Å². The molecule has 0 aromatic heterocycles. The first-order chi connectivity index (χ1) is 11.4. The van der Waals surface area contributed by atoms with E-state index in [4.69, 9.17) is 11.6 Å². The fourth-order valence-corrected chi connectivity index (χ4v) is 2.35. The summed E-state index contributed by atoms with van der Waals surface area (Å²) in [5.41, 5.74) is 2.73. The molecule has 2 aromatic carbocycles. The summed E-state index contributed by atoms with van der Waals surface area (Å²) >= 11 is 5.83. The summed E-state index contributed by atoms with van der Waals surface area (Å²) in [5, 5.41) is 3.52. The van der Waals surface area contributed by atoms with Gasteiger partial charge in [0, 0.05) is 31.2 Å². The van der Waals surface area contributed by atoms with E-state index in [-0.39, 0.29) is 11.8 Å². The van der Waals surface area contributed by atoms with E-state index < -0.39 is 0 Å². The Hall–Kier alpha value is -2.33. The van der Waals surface area contributed by atoms with Gasteiger partial charge in [-0.05, 0) is 41.8 Å². The van der Waals surface area contributed by atoms with Crippen LogP contribution in [0.25, 0.3) is 0 Å². The van der Waals surface area contributed by atoms with Crippen molar-refractivity contribution < 1.29 is 9.59 Å². The number of rotatable bonds is 6. The van der Waals surface area contributed by atoms with Crippen LogP contribution >= 0.6 is 11.6 Å². The van der Waals surface area contributed by atoms with Crippen molar-refractivity contribution in [2.75, 3.05) is 19.4 Å². The largest absolute Gasteiger partial charge is 0.349 e. The summed E-state index contributed by atoms with van der Waals surface area (Å²) < 4.78 is 0. The normalized spacial score (nSPS) is 10.3. The number of aryl methyl sites for hydroxylation is 1. The van der Waals surface area contributed by atoms with Crippen LogP contribution in [0.3, 0.4) is 0 Å². The maximum atomic E-state index is 12.0. The molecule has 0 fully saturated rings. The quantitative estimate of drug-likeness (QED) is 0.871. The molecule has 0 atom stereocenters. The van der Waals surface area contributed by atoms with Gasteiger partial charge in [0.05, 0.1) is 6.42 Å². The minimum atomic E-state index is -0.0761. The van der Waals surface area contributed by atoms with Gasteiger partial charge >= 0.3 is 0 Å². The molecule has 2 rings (SSSR count). The Labute approximate surface area is 147 Å². The summed E-state index contributed by atoms with van der Waals surface area (Å²) in [6.07, 6.45) is 1.47. The van der Waals surface area contributed by atoms with E-state index in [1.165, 1.54) is 0 Å². The van der Waals surface area contributed by atoms with Crippen molar-refractivity contribution in [3.63, 3.8) is 0 Å². The van der Waals surface area contributed by atoms with E-state index in [9.17, 15) is 9.59 Å². The van der Waals surface area contributed by atoms with Gasteiger partial charge in [0.1, 0.15) is 0 Å². The fourth-order valence-electron chi connectivity index (χ4n) is 2.22. The summed E-state index contributed by atoms with van der Waals surface area (Å²) in [5.74, 6) is 0.0307. The van der Waals surface area contributed by atoms with Crippen LogP contribution in [0.15, 0.2) is 48.5 Å². The summed E-state index contributed by atoms with van der Waals surface area (Å²) in [7, 11) is 3.50. The Kier molecular flexibility index (Phi) is 6.38. The lowest BCUT2D eigenvalue weighted by Gasteiger charge is -2.10. The lowest BCUT2D eigenvalue weighted by Crippen LogP contribution is -2.21. The van der Waals surface area contributed by atoms with E-state index in [0.29, 0.717) is 24.3 Å². The molecule has 0 aliphatic carbocycles. The highest BCUT2D eigenvalue weighted by molar-refractivity contribution is 6.30. The van der Waals surface area contributed by atoms with E-state index in [2.05, 4.69) is 5.32 Å². The highest BCUT2D eigenvalue weighted by Crippen LogP contribution is 2.13. The number of carbonyl (C=O) groups is 2. The first-order valence-electron chi connectivity index (χ1n) is 7.77. The monoisotopic (exact) mass is 344 g/mol. The van der Waals surface area contributed by atoms with Gasteiger partial charge in [0.15, 0.2) is 0 Å². The number of hydrogen-bond donors (Lipinski definition) is 1. The molecule has 0 bridgehead atoms. The number of carbonyl (C=O) groups excluding carboxylic acids is 2. The molecule has 0 saturated carbocycles. The fraction of sp³-hybridized carbons (Fsp3) is 0.263. The maximum absolute atomic E-state index is 12.0. The third-order valence-corrected chi connectivity index (χ3v) is 3.89. The zero-order valence-corrected chi connectivity index (χ0v) is 14.6. The molecule has 4 nitrogen and oxygen atoms in total. The molecule has 1 N–H and O–H groups in total. The van der Waals surface area contributed by atoms with Gasteiger partial charge in [-0.3, -0.25) is 9.59 Å². The Morgan fingerprint density at radius 1 is 0.958 bits per heavy atom. The van der Waals surface area contributed by atoms with E-state index in [1.54, 1.807) is 31.1 Å². The molecule has 0 spiro atoms. The topological polar surface area (TPSA) is 49.4 Å². The number of amides is 2. The lowest BCUT2D eigenvalue weighted by atomic mass is 10.1. The highest BCUT2D eigenvalue weighted by Gasteiger charge is 2.06. The van der Waals surface area contributed by atoms with Crippen LogP contribution in [-0.2, 0) is 22.4 Å². The average Bonchev–Trinajstić information content (AvgIpc) is 2.56. The molecule has 2 amide bonds.